The third-order valence-electron chi connectivity index (χ3n) is 3.61. The van der Waals surface area contributed by atoms with Gasteiger partial charge in [-0.25, -0.2) is 4.39 Å². The standard InChI is InChI=1S/C15H21ClFNO/c1-10(13-5-4-11(17)8-14(13)16)18-12-6-7-19-15(2,3)9-12/h4-5,8,10,12,18H,6-7,9H2,1-3H3. The van der Waals surface area contributed by atoms with Crippen molar-refractivity contribution in [2.24, 2.45) is 0 Å². The van der Waals surface area contributed by atoms with Gasteiger partial charge in [-0.2, -0.15) is 0 Å². The molecule has 1 saturated heterocycles. The Morgan fingerprint density at radius 2 is 2.21 bits per heavy atom. The van der Waals surface area contributed by atoms with E-state index in [4.69, 9.17) is 16.3 Å². The van der Waals surface area contributed by atoms with E-state index in [0.29, 0.717) is 11.1 Å². The van der Waals surface area contributed by atoms with Gasteiger partial charge in [0, 0.05) is 23.7 Å². The van der Waals surface area contributed by atoms with Gasteiger partial charge in [0.05, 0.1) is 5.60 Å². The summed E-state index contributed by atoms with van der Waals surface area (Å²) in [6, 6.07) is 5.07. The first-order valence-corrected chi connectivity index (χ1v) is 7.10. The van der Waals surface area contributed by atoms with Crippen LogP contribution < -0.4 is 5.32 Å². The number of rotatable bonds is 3. The van der Waals surface area contributed by atoms with Crippen LogP contribution in [0.5, 0.6) is 0 Å². The summed E-state index contributed by atoms with van der Waals surface area (Å²) >= 11 is 6.09. The Hall–Kier alpha value is -0.640. The fraction of sp³-hybridized carbons (Fsp3) is 0.600. The minimum absolute atomic E-state index is 0.0811. The second kappa shape index (κ2) is 5.78. The van der Waals surface area contributed by atoms with Crippen molar-refractivity contribution in [3.05, 3.63) is 34.6 Å². The Bertz CT molecular complexity index is 450. The Kier molecular flexibility index (Phi) is 4.49. The molecule has 0 aliphatic carbocycles. The smallest absolute Gasteiger partial charge is 0.124 e. The predicted octanol–water partition coefficient (Wildman–Crippen LogP) is 4.09. The van der Waals surface area contributed by atoms with Crippen LogP contribution >= 0.6 is 11.6 Å². The van der Waals surface area contributed by atoms with Crippen molar-refractivity contribution in [1.29, 1.82) is 0 Å². The highest BCUT2D eigenvalue weighted by atomic mass is 35.5. The van der Waals surface area contributed by atoms with Crippen LogP contribution in [0.4, 0.5) is 4.39 Å². The van der Waals surface area contributed by atoms with E-state index in [9.17, 15) is 4.39 Å². The number of hydrogen-bond acceptors (Lipinski definition) is 2. The van der Waals surface area contributed by atoms with Crippen LogP contribution in [0.1, 0.15) is 45.2 Å². The van der Waals surface area contributed by atoms with Gasteiger partial charge in [-0.05, 0) is 51.3 Å². The predicted molar refractivity (Wildman–Crippen MR) is 76.0 cm³/mol. The summed E-state index contributed by atoms with van der Waals surface area (Å²) < 4.78 is 18.8. The van der Waals surface area contributed by atoms with E-state index in [1.54, 1.807) is 6.07 Å². The molecular formula is C15H21ClFNO. The normalized spacial score (nSPS) is 24.2. The minimum atomic E-state index is -0.298. The lowest BCUT2D eigenvalue weighted by Crippen LogP contribution is -2.44. The zero-order chi connectivity index (χ0) is 14.0. The molecule has 0 bridgehead atoms. The third kappa shape index (κ3) is 3.91. The highest BCUT2D eigenvalue weighted by molar-refractivity contribution is 6.31. The first kappa shape index (κ1) is 14.8. The molecule has 4 heteroatoms. The second-order valence-electron chi connectivity index (χ2n) is 5.85. The molecule has 1 heterocycles. The molecule has 0 amide bonds. The van der Waals surface area contributed by atoms with E-state index in [0.717, 1.165) is 25.0 Å². The summed E-state index contributed by atoms with van der Waals surface area (Å²) in [5.41, 5.74) is 0.856. The molecule has 0 radical (unpaired) electrons. The van der Waals surface area contributed by atoms with Crippen LogP contribution in [0.3, 0.4) is 0 Å². The van der Waals surface area contributed by atoms with E-state index >= 15 is 0 Å². The first-order chi connectivity index (χ1) is 8.87. The van der Waals surface area contributed by atoms with Gasteiger partial charge in [-0.3, -0.25) is 0 Å². The third-order valence-corrected chi connectivity index (χ3v) is 3.94. The average Bonchev–Trinajstić information content (AvgIpc) is 2.27. The van der Waals surface area contributed by atoms with E-state index in [1.165, 1.54) is 12.1 Å². The molecule has 1 aromatic rings. The van der Waals surface area contributed by atoms with Gasteiger partial charge >= 0.3 is 0 Å². The molecular weight excluding hydrogens is 265 g/mol. The van der Waals surface area contributed by atoms with E-state index in [2.05, 4.69) is 26.1 Å². The number of halogens is 2. The van der Waals surface area contributed by atoms with Gasteiger partial charge in [0.1, 0.15) is 5.82 Å². The molecule has 19 heavy (non-hydrogen) atoms. The van der Waals surface area contributed by atoms with Crippen LogP contribution in [0, 0.1) is 5.82 Å². The molecule has 2 atom stereocenters. The lowest BCUT2D eigenvalue weighted by Gasteiger charge is -2.37. The Morgan fingerprint density at radius 3 is 2.84 bits per heavy atom. The van der Waals surface area contributed by atoms with Gasteiger partial charge in [0.2, 0.25) is 0 Å². The second-order valence-corrected chi connectivity index (χ2v) is 6.26. The maximum Gasteiger partial charge on any atom is 0.124 e. The maximum absolute atomic E-state index is 13.0. The molecule has 0 aromatic heterocycles. The van der Waals surface area contributed by atoms with Crippen molar-refractivity contribution >= 4 is 11.6 Å². The monoisotopic (exact) mass is 285 g/mol. The molecule has 2 nitrogen and oxygen atoms in total. The Morgan fingerprint density at radius 1 is 1.47 bits per heavy atom. The maximum atomic E-state index is 13.0. The molecule has 0 saturated carbocycles. The van der Waals surface area contributed by atoms with Crippen LogP contribution in [-0.2, 0) is 4.74 Å². The van der Waals surface area contributed by atoms with E-state index < -0.39 is 0 Å². The lowest BCUT2D eigenvalue weighted by molar-refractivity contribution is -0.0639. The average molecular weight is 286 g/mol. The van der Waals surface area contributed by atoms with E-state index in [1.807, 2.05) is 0 Å². The van der Waals surface area contributed by atoms with Crippen molar-refractivity contribution < 1.29 is 9.13 Å². The summed E-state index contributed by atoms with van der Waals surface area (Å²) in [6.45, 7) is 7.04. The molecule has 0 spiro atoms. The quantitative estimate of drug-likeness (QED) is 0.903. The van der Waals surface area contributed by atoms with Gasteiger partial charge in [-0.1, -0.05) is 17.7 Å². The van der Waals surface area contributed by atoms with Gasteiger partial charge < -0.3 is 10.1 Å². The molecule has 1 N–H and O–H groups in total. The van der Waals surface area contributed by atoms with E-state index in [-0.39, 0.29) is 17.5 Å². The molecule has 1 aliphatic rings. The van der Waals surface area contributed by atoms with Crippen LogP contribution in [0.2, 0.25) is 5.02 Å². The number of hydrogen-bond donors (Lipinski definition) is 1. The van der Waals surface area contributed by atoms with Crippen LogP contribution in [-0.4, -0.2) is 18.2 Å². The topological polar surface area (TPSA) is 21.3 Å². The molecule has 1 aromatic carbocycles. The van der Waals surface area contributed by atoms with Crippen LogP contribution in [0.25, 0.3) is 0 Å². The number of nitrogens with one attached hydrogen (secondary N) is 1. The summed E-state index contributed by atoms with van der Waals surface area (Å²) in [4.78, 5) is 0. The van der Waals surface area contributed by atoms with Crippen LogP contribution in [0.15, 0.2) is 18.2 Å². The Balaban J connectivity index is 2.02. The summed E-state index contributed by atoms with van der Waals surface area (Å²) in [5.74, 6) is -0.298. The van der Waals surface area contributed by atoms with Gasteiger partial charge in [0.25, 0.3) is 0 Å². The first-order valence-electron chi connectivity index (χ1n) is 6.72. The molecule has 2 rings (SSSR count). The van der Waals surface area contributed by atoms with Crippen molar-refractivity contribution in [2.75, 3.05) is 6.61 Å². The van der Waals surface area contributed by atoms with Gasteiger partial charge in [0.15, 0.2) is 0 Å². The highest BCUT2D eigenvalue weighted by Gasteiger charge is 2.29. The fourth-order valence-corrected chi connectivity index (χ4v) is 3.00. The molecule has 1 aliphatic heterocycles. The summed E-state index contributed by atoms with van der Waals surface area (Å²) in [6.07, 6.45) is 1.96. The Labute approximate surface area is 119 Å². The molecule has 106 valence electrons. The zero-order valence-corrected chi connectivity index (χ0v) is 12.4. The zero-order valence-electron chi connectivity index (χ0n) is 11.7. The summed E-state index contributed by atoms with van der Waals surface area (Å²) in [7, 11) is 0. The van der Waals surface area contributed by atoms with Crippen molar-refractivity contribution in [1.82, 2.24) is 5.32 Å². The van der Waals surface area contributed by atoms with Crippen molar-refractivity contribution in [3.63, 3.8) is 0 Å². The minimum Gasteiger partial charge on any atom is -0.375 e. The number of benzene rings is 1. The van der Waals surface area contributed by atoms with Crippen molar-refractivity contribution in [2.45, 2.75) is 51.3 Å². The van der Waals surface area contributed by atoms with Gasteiger partial charge in [-0.15, -0.1) is 0 Å². The molecule has 1 fully saturated rings. The van der Waals surface area contributed by atoms with Crippen molar-refractivity contribution in [3.8, 4) is 0 Å². The molecule has 2 unspecified atom stereocenters. The number of ether oxygens (including phenoxy) is 1. The lowest BCUT2D eigenvalue weighted by atomic mass is 9.93. The SMILES string of the molecule is CC(NC1CCOC(C)(C)C1)c1ccc(F)cc1Cl. The summed E-state index contributed by atoms with van der Waals surface area (Å²) in [5, 5.41) is 4.04. The highest BCUT2D eigenvalue weighted by Crippen LogP contribution is 2.28. The fourth-order valence-electron chi connectivity index (χ4n) is 2.67. The largest absolute Gasteiger partial charge is 0.375 e.